The van der Waals surface area contributed by atoms with Crippen molar-refractivity contribution in [1.29, 1.82) is 0 Å². The summed E-state index contributed by atoms with van der Waals surface area (Å²) in [6, 6.07) is 0.361. The van der Waals surface area contributed by atoms with Crippen molar-refractivity contribution in [2.75, 3.05) is 44.6 Å². The fourth-order valence-electron chi connectivity index (χ4n) is 3.16. The average molecular weight is 401 g/mol. The van der Waals surface area contributed by atoms with Crippen molar-refractivity contribution in [2.24, 2.45) is 0 Å². The number of hydrogen-bond donors (Lipinski definition) is 1. The van der Waals surface area contributed by atoms with Crippen LogP contribution in [0.25, 0.3) is 0 Å². The summed E-state index contributed by atoms with van der Waals surface area (Å²) in [5.41, 5.74) is 1.18. The Morgan fingerprint density at radius 2 is 1.95 bits per heavy atom. The van der Waals surface area contributed by atoms with Gasteiger partial charge in [0.05, 0.1) is 15.3 Å². The maximum absolute atomic E-state index is 4.93. The summed E-state index contributed by atoms with van der Waals surface area (Å²) in [7, 11) is 0. The first-order valence-corrected chi connectivity index (χ1v) is 8.95. The quantitative estimate of drug-likeness (QED) is 0.785. The van der Waals surface area contributed by atoms with Crippen LogP contribution in [0.4, 0.5) is 5.82 Å². The zero-order valence-corrected chi connectivity index (χ0v) is 15.2. The third kappa shape index (κ3) is 3.03. The molecule has 116 valence electrons. The van der Waals surface area contributed by atoms with Crippen molar-refractivity contribution >= 4 is 28.4 Å². The molecule has 3 aliphatic rings. The highest BCUT2D eigenvalue weighted by atomic mass is 127. The molecule has 1 N–H and O–H groups in total. The molecule has 3 saturated heterocycles. The third-order valence-electron chi connectivity index (χ3n) is 4.36. The molecule has 3 fully saturated rings. The van der Waals surface area contributed by atoms with E-state index in [-0.39, 0.29) is 0 Å². The van der Waals surface area contributed by atoms with Gasteiger partial charge in [-0.3, -0.25) is 9.80 Å². The molecule has 6 heteroatoms. The van der Waals surface area contributed by atoms with E-state index in [0.717, 1.165) is 37.8 Å². The minimum atomic E-state index is 0.361. The normalized spacial score (nSPS) is 28.1. The maximum atomic E-state index is 4.93. The van der Waals surface area contributed by atoms with E-state index in [1.165, 1.54) is 22.4 Å². The van der Waals surface area contributed by atoms with Crippen molar-refractivity contribution in [2.45, 2.75) is 32.7 Å². The van der Waals surface area contributed by atoms with Gasteiger partial charge in [-0.1, -0.05) is 13.8 Å². The Labute approximate surface area is 140 Å². The van der Waals surface area contributed by atoms with Gasteiger partial charge in [0.15, 0.2) is 0 Å². The standard InChI is InChI=1S/C15H24IN5/c1-4-17-15-12(16)13(10(2)3)18-14(19-15)11-9-20-5-7-21(11)8-6-20/h10-11H,4-9H2,1-3H3,(H,17,18,19). The third-order valence-corrected chi connectivity index (χ3v) is 5.43. The van der Waals surface area contributed by atoms with E-state index < -0.39 is 0 Å². The largest absolute Gasteiger partial charge is 0.369 e. The fourth-order valence-corrected chi connectivity index (χ4v) is 4.22. The Morgan fingerprint density at radius 3 is 2.48 bits per heavy atom. The molecule has 1 atom stereocenters. The predicted octanol–water partition coefficient (Wildman–Crippen LogP) is 2.31. The van der Waals surface area contributed by atoms with Crippen LogP contribution in [0, 0.1) is 3.57 Å². The van der Waals surface area contributed by atoms with E-state index in [2.05, 4.69) is 58.5 Å². The van der Waals surface area contributed by atoms with E-state index in [0.29, 0.717) is 12.0 Å². The van der Waals surface area contributed by atoms with Gasteiger partial charge in [0.25, 0.3) is 0 Å². The molecule has 1 unspecified atom stereocenters. The summed E-state index contributed by atoms with van der Waals surface area (Å²) < 4.78 is 1.17. The van der Waals surface area contributed by atoms with Gasteiger partial charge in [-0.25, -0.2) is 9.97 Å². The lowest BCUT2D eigenvalue weighted by Crippen LogP contribution is -2.57. The number of nitrogens with one attached hydrogen (secondary N) is 1. The van der Waals surface area contributed by atoms with Crippen LogP contribution in [0.3, 0.4) is 0 Å². The smallest absolute Gasteiger partial charge is 0.149 e. The number of fused-ring (bicyclic) bond motifs is 3. The molecule has 4 rings (SSSR count). The molecular weight excluding hydrogens is 377 g/mol. The Bertz CT molecular complexity index is 511. The van der Waals surface area contributed by atoms with Crippen LogP contribution in [0.15, 0.2) is 0 Å². The summed E-state index contributed by atoms with van der Waals surface area (Å²) in [5.74, 6) is 2.43. The van der Waals surface area contributed by atoms with E-state index in [9.17, 15) is 0 Å². The lowest BCUT2D eigenvalue weighted by Gasteiger charge is -2.46. The molecule has 0 aromatic carbocycles. The van der Waals surface area contributed by atoms with Crippen molar-refractivity contribution in [3.63, 3.8) is 0 Å². The van der Waals surface area contributed by atoms with Gasteiger partial charge in [0.1, 0.15) is 11.6 Å². The molecule has 1 aromatic rings. The van der Waals surface area contributed by atoms with Crippen molar-refractivity contribution in [3.05, 3.63) is 15.1 Å². The second-order valence-corrected chi connectivity index (χ2v) is 7.25. The number of anilines is 1. The second kappa shape index (κ2) is 6.34. The topological polar surface area (TPSA) is 44.3 Å². The first-order chi connectivity index (χ1) is 10.1. The van der Waals surface area contributed by atoms with Crippen molar-refractivity contribution in [1.82, 2.24) is 19.8 Å². The number of piperazine rings is 3. The minimum absolute atomic E-state index is 0.361. The molecule has 1 aromatic heterocycles. The average Bonchev–Trinajstić information content (AvgIpc) is 2.50. The van der Waals surface area contributed by atoms with Gasteiger partial charge in [-0.15, -0.1) is 0 Å². The van der Waals surface area contributed by atoms with E-state index in [4.69, 9.17) is 9.97 Å². The molecule has 4 heterocycles. The summed E-state index contributed by atoms with van der Waals surface area (Å²) >= 11 is 2.38. The Morgan fingerprint density at radius 1 is 1.24 bits per heavy atom. The van der Waals surface area contributed by atoms with Gasteiger partial charge >= 0.3 is 0 Å². The Balaban J connectivity index is 1.97. The molecule has 5 nitrogen and oxygen atoms in total. The summed E-state index contributed by atoms with van der Waals surface area (Å²) in [6.07, 6.45) is 0. The molecule has 0 radical (unpaired) electrons. The van der Waals surface area contributed by atoms with Gasteiger partial charge in [0.2, 0.25) is 0 Å². The maximum Gasteiger partial charge on any atom is 0.149 e. The van der Waals surface area contributed by atoms with Crippen molar-refractivity contribution in [3.8, 4) is 0 Å². The zero-order valence-electron chi connectivity index (χ0n) is 13.1. The molecule has 3 aliphatic heterocycles. The van der Waals surface area contributed by atoms with Gasteiger partial charge < -0.3 is 5.32 Å². The number of rotatable bonds is 4. The minimum Gasteiger partial charge on any atom is -0.369 e. The van der Waals surface area contributed by atoms with E-state index >= 15 is 0 Å². The highest BCUT2D eigenvalue weighted by Gasteiger charge is 2.35. The number of nitrogens with zero attached hydrogens (tertiary/aromatic N) is 4. The molecular formula is C15H24IN5. The van der Waals surface area contributed by atoms with Crippen LogP contribution in [0.2, 0.25) is 0 Å². The second-order valence-electron chi connectivity index (χ2n) is 6.17. The first kappa shape index (κ1) is 15.4. The Kier molecular flexibility index (Phi) is 4.66. The van der Waals surface area contributed by atoms with Crippen LogP contribution in [0.5, 0.6) is 0 Å². The van der Waals surface area contributed by atoms with Crippen LogP contribution in [-0.4, -0.2) is 59.0 Å². The van der Waals surface area contributed by atoms with Crippen LogP contribution in [0.1, 0.15) is 44.2 Å². The first-order valence-electron chi connectivity index (χ1n) is 7.87. The lowest BCUT2D eigenvalue weighted by molar-refractivity contribution is 0.00858. The number of hydrogen-bond acceptors (Lipinski definition) is 5. The molecule has 0 aliphatic carbocycles. The van der Waals surface area contributed by atoms with Crippen LogP contribution in [-0.2, 0) is 0 Å². The van der Waals surface area contributed by atoms with Crippen LogP contribution < -0.4 is 5.32 Å². The Hall–Kier alpha value is -0.470. The van der Waals surface area contributed by atoms with Gasteiger partial charge in [0, 0.05) is 39.3 Å². The van der Waals surface area contributed by atoms with Crippen LogP contribution >= 0.6 is 22.6 Å². The van der Waals surface area contributed by atoms with Crippen molar-refractivity contribution < 1.29 is 0 Å². The summed E-state index contributed by atoms with van der Waals surface area (Å²) in [6.45, 7) is 13.2. The molecule has 0 spiro atoms. The predicted molar refractivity (Wildman–Crippen MR) is 93.8 cm³/mol. The lowest BCUT2D eigenvalue weighted by atomic mass is 10.1. The number of halogens is 1. The molecule has 2 bridgehead atoms. The van der Waals surface area contributed by atoms with Gasteiger partial charge in [-0.2, -0.15) is 0 Å². The zero-order chi connectivity index (χ0) is 15.0. The monoisotopic (exact) mass is 401 g/mol. The molecule has 0 amide bonds. The highest BCUT2D eigenvalue weighted by Crippen LogP contribution is 2.31. The summed E-state index contributed by atoms with van der Waals surface area (Å²) in [4.78, 5) is 14.9. The van der Waals surface area contributed by atoms with E-state index in [1.54, 1.807) is 0 Å². The summed E-state index contributed by atoms with van der Waals surface area (Å²) in [5, 5.41) is 3.40. The van der Waals surface area contributed by atoms with Gasteiger partial charge in [-0.05, 0) is 35.4 Å². The SMILES string of the molecule is CCNc1nc(C2CN3CCN2CC3)nc(C(C)C)c1I. The van der Waals surface area contributed by atoms with E-state index in [1.807, 2.05) is 0 Å². The number of aromatic nitrogens is 2. The highest BCUT2D eigenvalue weighted by molar-refractivity contribution is 14.1. The fraction of sp³-hybridized carbons (Fsp3) is 0.733. The molecule has 0 saturated carbocycles. The molecule has 21 heavy (non-hydrogen) atoms.